The lowest BCUT2D eigenvalue weighted by Gasteiger charge is -2.11. The minimum Gasteiger partial charge on any atom is -0.456 e. The Bertz CT molecular complexity index is 2820. The van der Waals surface area contributed by atoms with E-state index >= 15 is 0 Å². The Balaban J connectivity index is 1.14. The van der Waals surface area contributed by atoms with Crippen LogP contribution in [0.15, 0.2) is 168 Å². The molecular formula is C45H27N3O. The molecular weight excluding hydrogens is 599 g/mol. The molecule has 0 N–H and O–H groups in total. The predicted octanol–water partition coefficient (Wildman–Crippen LogP) is 11.9. The Morgan fingerprint density at radius 2 is 0.898 bits per heavy atom. The highest BCUT2D eigenvalue weighted by Gasteiger charge is 2.18. The number of furan rings is 1. The number of aromatic nitrogens is 3. The van der Waals surface area contributed by atoms with E-state index in [1.54, 1.807) is 0 Å². The molecule has 2 heterocycles. The van der Waals surface area contributed by atoms with Crippen LogP contribution in [0.1, 0.15) is 0 Å². The van der Waals surface area contributed by atoms with Gasteiger partial charge in [0.15, 0.2) is 17.5 Å². The van der Waals surface area contributed by atoms with E-state index in [9.17, 15) is 0 Å². The lowest BCUT2D eigenvalue weighted by Crippen LogP contribution is -2.00. The van der Waals surface area contributed by atoms with Crippen LogP contribution < -0.4 is 0 Å². The molecule has 228 valence electrons. The zero-order valence-electron chi connectivity index (χ0n) is 26.3. The average Bonchev–Trinajstić information content (AvgIpc) is 3.56. The van der Waals surface area contributed by atoms with Crippen molar-refractivity contribution in [1.82, 2.24) is 15.0 Å². The van der Waals surface area contributed by atoms with E-state index in [0.29, 0.717) is 17.5 Å². The minimum absolute atomic E-state index is 0.610. The molecule has 0 fully saturated rings. The SMILES string of the molecule is c1ccc(-c2nc(-c3ccccc3)nc(-c3cccc4oc5cc(-c6cccc7c6ccc6c8ccccc8ccc76)ccc5c34)n2)cc1. The van der Waals surface area contributed by atoms with Crippen molar-refractivity contribution >= 4 is 54.3 Å². The maximum absolute atomic E-state index is 6.57. The lowest BCUT2D eigenvalue weighted by molar-refractivity contribution is 0.669. The highest BCUT2D eigenvalue weighted by Crippen LogP contribution is 2.40. The first kappa shape index (κ1) is 27.5. The van der Waals surface area contributed by atoms with Gasteiger partial charge < -0.3 is 4.42 Å². The number of hydrogen-bond acceptors (Lipinski definition) is 4. The largest absolute Gasteiger partial charge is 0.456 e. The van der Waals surface area contributed by atoms with Gasteiger partial charge in [0, 0.05) is 27.5 Å². The van der Waals surface area contributed by atoms with Gasteiger partial charge in [-0.25, -0.2) is 15.0 Å². The van der Waals surface area contributed by atoms with Gasteiger partial charge in [-0.1, -0.05) is 146 Å². The molecule has 0 aliphatic carbocycles. The van der Waals surface area contributed by atoms with Crippen LogP contribution in [0.4, 0.5) is 0 Å². The second kappa shape index (κ2) is 11.0. The molecule has 0 atom stereocenters. The van der Waals surface area contributed by atoms with Gasteiger partial charge in [-0.3, -0.25) is 0 Å². The first-order valence-electron chi connectivity index (χ1n) is 16.4. The fourth-order valence-corrected chi connectivity index (χ4v) is 7.22. The highest BCUT2D eigenvalue weighted by atomic mass is 16.3. The third-order valence-electron chi connectivity index (χ3n) is 9.53. The maximum Gasteiger partial charge on any atom is 0.164 e. The van der Waals surface area contributed by atoms with E-state index in [-0.39, 0.29) is 0 Å². The monoisotopic (exact) mass is 625 g/mol. The molecule has 0 saturated heterocycles. The van der Waals surface area contributed by atoms with Crippen molar-refractivity contribution in [3.63, 3.8) is 0 Å². The summed E-state index contributed by atoms with van der Waals surface area (Å²) in [5.41, 5.74) is 6.68. The van der Waals surface area contributed by atoms with Crippen molar-refractivity contribution < 1.29 is 4.42 Å². The molecule has 49 heavy (non-hydrogen) atoms. The smallest absolute Gasteiger partial charge is 0.164 e. The van der Waals surface area contributed by atoms with Crippen molar-refractivity contribution in [2.24, 2.45) is 0 Å². The van der Waals surface area contributed by atoms with Gasteiger partial charge >= 0.3 is 0 Å². The van der Waals surface area contributed by atoms with E-state index in [4.69, 9.17) is 19.4 Å². The number of rotatable bonds is 4. The van der Waals surface area contributed by atoms with Crippen LogP contribution in [0.3, 0.4) is 0 Å². The number of nitrogens with zero attached hydrogens (tertiary/aromatic N) is 3. The van der Waals surface area contributed by atoms with E-state index in [0.717, 1.165) is 44.2 Å². The van der Waals surface area contributed by atoms with Crippen LogP contribution >= 0.6 is 0 Å². The van der Waals surface area contributed by atoms with Gasteiger partial charge in [0.1, 0.15) is 11.2 Å². The van der Waals surface area contributed by atoms with Gasteiger partial charge in [-0.15, -0.1) is 0 Å². The summed E-state index contributed by atoms with van der Waals surface area (Å²) in [7, 11) is 0. The number of hydrogen-bond donors (Lipinski definition) is 0. The molecule has 2 aromatic heterocycles. The van der Waals surface area contributed by atoms with Gasteiger partial charge in [0.25, 0.3) is 0 Å². The third-order valence-corrected chi connectivity index (χ3v) is 9.53. The van der Waals surface area contributed by atoms with E-state index in [1.807, 2.05) is 72.8 Å². The van der Waals surface area contributed by atoms with Crippen molar-refractivity contribution in [3.8, 4) is 45.3 Å². The van der Waals surface area contributed by atoms with Crippen LogP contribution in [-0.4, -0.2) is 15.0 Å². The van der Waals surface area contributed by atoms with Crippen LogP contribution in [0.2, 0.25) is 0 Å². The van der Waals surface area contributed by atoms with Crippen molar-refractivity contribution in [3.05, 3.63) is 164 Å². The summed E-state index contributed by atoms with van der Waals surface area (Å²) < 4.78 is 6.57. The zero-order chi connectivity index (χ0) is 32.3. The highest BCUT2D eigenvalue weighted by molar-refractivity contribution is 6.20. The predicted molar refractivity (Wildman–Crippen MR) is 201 cm³/mol. The molecule has 0 aliphatic rings. The summed E-state index contributed by atoms with van der Waals surface area (Å²) in [4.78, 5) is 14.9. The second-order valence-corrected chi connectivity index (χ2v) is 12.4. The van der Waals surface area contributed by atoms with E-state index < -0.39 is 0 Å². The van der Waals surface area contributed by atoms with Crippen molar-refractivity contribution in [1.29, 1.82) is 0 Å². The summed E-state index contributed by atoms with van der Waals surface area (Å²) in [5.74, 6) is 1.87. The van der Waals surface area contributed by atoms with Crippen LogP contribution in [0, 0.1) is 0 Å². The van der Waals surface area contributed by atoms with E-state index in [2.05, 4.69) is 91.0 Å². The Morgan fingerprint density at radius 1 is 0.327 bits per heavy atom. The molecule has 0 unspecified atom stereocenters. The molecule has 0 amide bonds. The molecule has 4 heteroatoms. The second-order valence-electron chi connectivity index (χ2n) is 12.4. The molecule has 0 aliphatic heterocycles. The number of benzene rings is 8. The van der Waals surface area contributed by atoms with Crippen LogP contribution in [0.25, 0.3) is 99.5 Å². The molecule has 0 spiro atoms. The van der Waals surface area contributed by atoms with Gasteiger partial charge in [0.05, 0.1) is 0 Å². The summed E-state index contributed by atoms with van der Waals surface area (Å²) in [6.45, 7) is 0. The molecule has 0 saturated carbocycles. The van der Waals surface area contributed by atoms with Crippen molar-refractivity contribution in [2.75, 3.05) is 0 Å². The van der Waals surface area contributed by atoms with Crippen LogP contribution in [0.5, 0.6) is 0 Å². The Morgan fingerprint density at radius 3 is 1.69 bits per heavy atom. The summed E-state index contributed by atoms with van der Waals surface area (Å²) in [6.07, 6.45) is 0. The van der Waals surface area contributed by atoms with E-state index in [1.165, 1.54) is 37.9 Å². The van der Waals surface area contributed by atoms with Gasteiger partial charge in [-0.05, 0) is 61.6 Å². The molecule has 10 aromatic rings. The summed E-state index contributed by atoms with van der Waals surface area (Å²) in [6, 6.07) is 56.9. The minimum atomic E-state index is 0.610. The Kier molecular flexibility index (Phi) is 6.15. The fourth-order valence-electron chi connectivity index (χ4n) is 7.22. The van der Waals surface area contributed by atoms with Crippen LogP contribution in [-0.2, 0) is 0 Å². The molecule has 10 rings (SSSR count). The van der Waals surface area contributed by atoms with Gasteiger partial charge in [-0.2, -0.15) is 0 Å². The number of fused-ring (bicyclic) bond motifs is 8. The average molecular weight is 626 g/mol. The first-order chi connectivity index (χ1) is 24.3. The third kappa shape index (κ3) is 4.49. The van der Waals surface area contributed by atoms with Crippen molar-refractivity contribution in [2.45, 2.75) is 0 Å². The lowest BCUT2D eigenvalue weighted by atomic mass is 9.92. The summed E-state index contributed by atoms with van der Waals surface area (Å²) >= 11 is 0. The fraction of sp³-hybridized carbons (Fsp3) is 0. The first-order valence-corrected chi connectivity index (χ1v) is 16.4. The zero-order valence-corrected chi connectivity index (χ0v) is 26.3. The molecule has 8 aromatic carbocycles. The maximum atomic E-state index is 6.57. The molecule has 4 nitrogen and oxygen atoms in total. The van der Waals surface area contributed by atoms with Gasteiger partial charge in [0.2, 0.25) is 0 Å². The quantitative estimate of drug-likeness (QED) is 0.183. The Labute approximate surface area is 282 Å². The summed E-state index contributed by atoms with van der Waals surface area (Å²) in [5, 5.41) is 9.53. The standard InChI is InChI=1S/C45H27N3O/c1-3-12-29(13-4-1)43-46-44(30-14-5-2-6-15-30)48-45(47-43)39-19-10-20-40-42(39)38-24-22-31(27-41(38)49-40)33-17-9-18-34-36(33)26-25-35-32-16-8-7-11-28(32)21-23-37(34)35/h1-27H. The Hall–Kier alpha value is -6.65. The molecule has 0 radical (unpaired) electrons. The topological polar surface area (TPSA) is 51.8 Å². The normalized spacial score (nSPS) is 11.7. The molecule has 0 bridgehead atoms.